The van der Waals surface area contributed by atoms with Gasteiger partial charge in [-0.05, 0) is 6.07 Å². The fourth-order valence-corrected chi connectivity index (χ4v) is 1.65. The average Bonchev–Trinajstić information content (AvgIpc) is 3.16. The maximum atomic E-state index is 5.36. The van der Waals surface area contributed by atoms with E-state index in [1.54, 1.807) is 4.68 Å². The van der Waals surface area contributed by atoms with Crippen molar-refractivity contribution in [1.29, 1.82) is 0 Å². The van der Waals surface area contributed by atoms with Gasteiger partial charge in [-0.3, -0.25) is 10.1 Å². The third kappa shape index (κ3) is 2.92. The number of hydrazine groups is 1. The normalized spacial score (nSPS) is 10.6. The maximum absolute atomic E-state index is 5.36. The fraction of sp³-hybridized carbons (Fsp3) is 0.200. The van der Waals surface area contributed by atoms with E-state index in [4.69, 9.17) is 5.84 Å². The Morgan fingerprint density at radius 2 is 2.10 bits per heavy atom. The molecule has 21 heavy (non-hydrogen) atoms. The van der Waals surface area contributed by atoms with E-state index >= 15 is 0 Å². The molecule has 11 nitrogen and oxygen atoms in total. The summed E-state index contributed by atoms with van der Waals surface area (Å²) in [6, 6.07) is 1.90. The van der Waals surface area contributed by atoms with Crippen LogP contribution in [0.3, 0.4) is 0 Å². The maximum Gasteiger partial charge on any atom is 0.258 e. The van der Waals surface area contributed by atoms with Crippen molar-refractivity contribution >= 4 is 11.9 Å². The summed E-state index contributed by atoms with van der Waals surface area (Å²) < 4.78 is 3.13. The van der Waals surface area contributed by atoms with Crippen LogP contribution in [0.4, 0.5) is 11.9 Å². The number of hydrogen-bond acceptors (Lipinski definition) is 9. The molecule has 4 N–H and O–H groups in total. The van der Waals surface area contributed by atoms with Crippen LogP contribution in [0.1, 0.15) is 5.69 Å². The van der Waals surface area contributed by atoms with Gasteiger partial charge in [0, 0.05) is 13.2 Å². The molecule has 108 valence electrons. The monoisotopic (exact) mass is 287 g/mol. The summed E-state index contributed by atoms with van der Waals surface area (Å²) in [7, 11) is 1.85. The first-order valence-electron chi connectivity index (χ1n) is 6.04. The first kappa shape index (κ1) is 12.9. The Morgan fingerprint density at radius 1 is 1.24 bits per heavy atom. The second-order valence-electron chi connectivity index (χ2n) is 4.10. The van der Waals surface area contributed by atoms with Gasteiger partial charge >= 0.3 is 0 Å². The molecule has 0 bridgehead atoms. The minimum atomic E-state index is 0.221. The van der Waals surface area contributed by atoms with Crippen molar-refractivity contribution in [3.63, 3.8) is 0 Å². The summed E-state index contributed by atoms with van der Waals surface area (Å²) in [5.41, 5.74) is 3.25. The molecule has 3 heterocycles. The van der Waals surface area contributed by atoms with Crippen LogP contribution in [0.25, 0.3) is 5.95 Å². The number of aryl methyl sites for hydroxylation is 1. The molecule has 11 heteroatoms. The van der Waals surface area contributed by atoms with Crippen LogP contribution in [0, 0.1) is 0 Å². The Morgan fingerprint density at radius 3 is 2.76 bits per heavy atom. The second-order valence-corrected chi connectivity index (χ2v) is 4.10. The average molecular weight is 287 g/mol. The Hall–Kier alpha value is -3.08. The number of hydrogen-bond donors (Lipinski definition) is 3. The van der Waals surface area contributed by atoms with Crippen LogP contribution < -0.4 is 16.6 Å². The topological polar surface area (TPSA) is 137 Å². The van der Waals surface area contributed by atoms with Gasteiger partial charge < -0.3 is 5.32 Å². The SMILES string of the molecule is Cn1ccc(CNc2nc(NN)nc(-n3cncn3)n2)n1. The van der Waals surface area contributed by atoms with Gasteiger partial charge in [0.2, 0.25) is 11.9 Å². The van der Waals surface area contributed by atoms with Crippen LogP contribution in [0.5, 0.6) is 0 Å². The molecule has 0 amide bonds. The van der Waals surface area contributed by atoms with Crippen LogP contribution in [-0.2, 0) is 13.6 Å². The molecule has 3 rings (SSSR count). The largest absolute Gasteiger partial charge is 0.348 e. The molecule has 3 aromatic heterocycles. The summed E-state index contributed by atoms with van der Waals surface area (Å²) in [5.74, 6) is 6.24. The summed E-state index contributed by atoms with van der Waals surface area (Å²) >= 11 is 0. The minimum absolute atomic E-state index is 0.221. The van der Waals surface area contributed by atoms with Gasteiger partial charge in [-0.2, -0.15) is 29.8 Å². The molecule has 0 unspecified atom stereocenters. The van der Waals surface area contributed by atoms with Crippen molar-refractivity contribution < 1.29 is 0 Å². The lowest BCUT2D eigenvalue weighted by atomic mass is 10.4. The Kier molecular flexibility index (Phi) is 3.39. The highest BCUT2D eigenvalue weighted by atomic mass is 15.4. The van der Waals surface area contributed by atoms with Crippen molar-refractivity contribution in [3.8, 4) is 5.95 Å². The molecule has 0 radical (unpaired) electrons. The zero-order chi connectivity index (χ0) is 14.7. The lowest BCUT2D eigenvalue weighted by Gasteiger charge is -2.07. The van der Waals surface area contributed by atoms with Crippen LogP contribution >= 0.6 is 0 Å². The first-order valence-corrected chi connectivity index (χ1v) is 6.04. The van der Waals surface area contributed by atoms with Crippen molar-refractivity contribution in [2.24, 2.45) is 12.9 Å². The van der Waals surface area contributed by atoms with Gasteiger partial charge in [-0.15, -0.1) is 0 Å². The zero-order valence-corrected chi connectivity index (χ0v) is 11.2. The van der Waals surface area contributed by atoms with Crippen molar-refractivity contribution in [2.75, 3.05) is 10.7 Å². The molecule has 0 aliphatic rings. The number of anilines is 2. The number of nitrogens with one attached hydrogen (secondary N) is 2. The van der Waals surface area contributed by atoms with E-state index in [0.717, 1.165) is 5.69 Å². The highest BCUT2D eigenvalue weighted by Gasteiger charge is 2.08. The highest BCUT2D eigenvalue weighted by Crippen LogP contribution is 2.08. The van der Waals surface area contributed by atoms with E-state index in [2.05, 4.69) is 40.9 Å². The van der Waals surface area contributed by atoms with E-state index < -0.39 is 0 Å². The van der Waals surface area contributed by atoms with E-state index in [1.807, 2.05) is 19.3 Å². The van der Waals surface area contributed by atoms with Crippen molar-refractivity contribution in [3.05, 3.63) is 30.6 Å². The zero-order valence-electron chi connectivity index (χ0n) is 11.2. The summed E-state index contributed by atoms with van der Waals surface area (Å²) in [6.45, 7) is 0.478. The fourth-order valence-electron chi connectivity index (χ4n) is 1.65. The molecule has 0 fully saturated rings. The van der Waals surface area contributed by atoms with E-state index in [1.165, 1.54) is 17.3 Å². The molecule has 0 saturated heterocycles. The van der Waals surface area contributed by atoms with Crippen LogP contribution in [-0.4, -0.2) is 39.5 Å². The van der Waals surface area contributed by atoms with E-state index in [0.29, 0.717) is 18.4 Å². The summed E-state index contributed by atoms with van der Waals surface area (Å²) in [6.07, 6.45) is 4.73. The second kappa shape index (κ2) is 5.50. The molecule has 0 saturated carbocycles. The number of nitrogens with zero attached hydrogens (tertiary/aromatic N) is 8. The van der Waals surface area contributed by atoms with E-state index in [-0.39, 0.29) is 5.95 Å². The molecular formula is C10H13N11. The number of aromatic nitrogens is 8. The van der Waals surface area contributed by atoms with Crippen LogP contribution in [0.15, 0.2) is 24.9 Å². The Labute approximate surface area is 119 Å². The summed E-state index contributed by atoms with van der Waals surface area (Å²) in [5, 5.41) is 11.3. The molecule has 0 aliphatic heterocycles. The van der Waals surface area contributed by atoms with Gasteiger partial charge in [0.25, 0.3) is 5.95 Å². The number of nitrogen functional groups attached to an aromatic ring is 1. The smallest absolute Gasteiger partial charge is 0.258 e. The van der Waals surface area contributed by atoms with Crippen molar-refractivity contribution in [1.82, 2.24) is 39.5 Å². The third-order valence-electron chi connectivity index (χ3n) is 2.57. The molecular weight excluding hydrogens is 274 g/mol. The van der Waals surface area contributed by atoms with Gasteiger partial charge in [-0.1, -0.05) is 0 Å². The lowest BCUT2D eigenvalue weighted by molar-refractivity contribution is 0.745. The first-order chi connectivity index (χ1) is 10.2. The van der Waals surface area contributed by atoms with Gasteiger partial charge in [-0.25, -0.2) is 10.8 Å². The van der Waals surface area contributed by atoms with Gasteiger partial charge in [0.1, 0.15) is 12.7 Å². The predicted molar refractivity (Wildman–Crippen MR) is 73.1 cm³/mol. The van der Waals surface area contributed by atoms with Gasteiger partial charge in [0.05, 0.1) is 12.2 Å². The molecule has 0 spiro atoms. The molecule has 0 aromatic carbocycles. The van der Waals surface area contributed by atoms with Crippen LogP contribution in [0.2, 0.25) is 0 Å². The standard InChI is InChI=1S/C10H13N11/c1-20-3-2-7(19-20)4-13-8-15-9(18-11)17-10(16-8)21-6-12-5-14-21/h2-3,5-6H,4,11H2,1H3,(H2,13,15,16,17,18). The Bertz CT molecular complexity index is 716. The van der Waals surface area contributed by atoms with E-state index in [9.17, 15) is 0 Å². The van der Waals surface area contributed by atoms with Crippen molar-refractivity contribution in [2.45, 2.75) is 6.54 Å². The Balaban J connectivity index is 1.82. The molecule has 0 aliphatic carbocycles. The number of nitrogens with two attached hydrogens (primary N) is 1. The van der Waals surface area contributed by atoms with Gasteiger partial charge in [0.15, 0.2) is 0 Å². The highest BCUT2D eigenvalue weighted by molar-refractivity contribution is 5.37. The minimum Gasteiger partial charge on any atom is -0.348 e. The number of rotatable bonds is 5. The summed E-state index contributed by atoms with van der Waals surface area (Å²) in [4.78, 5) is 16.3. The predicted octanol–water partition coefficient (Wildman–Crippen LogP) is -0.916. The molecule has 3 aromatic rings. The third-order valence-corrected chi connectivity index (χ3v) is 2.57. The lowest BCUT2D eigenvalue weighted by Crippen LogP contribution is -2.16. The quantitative estimate of drug-likeness (QED) is 0.402. The molecule has 0 atom stereocenters.